The number of amides is 1. The quantitative estimate of drug-likeness (QED) is 0.856. The summed E-state index contributed by atoms with van der Waals surface area (Å²) in [5.74, 6) is -0.0744. The fraction of sp³-hybridized carbons (Fsp3) is 0.286. The van der Waals surface area contributed by atoms with Crippen LogP contribution in [0.25, 0.3) is 0 Å². The molecule has 3 rings (SSSR count). The van der Waals surface area contributed by atoms with Gasteiger partial charge in [-0.3, -0.25) is 4.79 Å². The third-order valence-electron chi connectivity index (χ3n) is 4.57. The molecule has 2 aromatic rings. The molecule has 1 aliphatic heterocycles. The molecule has 0 spiro atoms. The zero-order valence-electron chi connectivity index (χ0n) is 15.4. The van der Waals surface area contributed by atoms with Crippen LogP contribution in [0.2, 0.25) is 0 Å². The van der Waals surface area contributed by atoms with Crippen LogP contribution in [0.4, 0.5) is 0 Å². The van der Waals surface area contributed by atoms with Crippen molar-refractivity contribution in [3.63, 3.8) is 0 Å². The second-order valence-electron chi connectivity index (χ2n) is 6.53. The van der Waals surface area contributed by atoms with E-state index in [1.807, 2.05) is 6.92 Å². The summed E-state index contributed by atoms with van der Waals surface area (Å²) in [6.07, 6.45) is 0.111. The number of carboxylic acids is 1. The van der Waals surface area contributed by atoms with Crippen molar-refractivity contribution in [2.45, 2.75) is 19.4 Å². The van der Waals surface area contributed by atoms with Gasteiger partial charge in [0.05, 0.1) is 31.3 Å². The van der Waals surface area contributed by atoms with Crippen LogP contribution in [0, 0.1) is 18.3 Å². The predicted molar refractivity (Wildman–Crippen MR) is 100 cm³/mol. The van der Waals surface area contributed by atoms with Crippen molar-refractivity contribution in [2.75, 3.05) is 19.8 Å². The Bertz CT molecular complexity index is 917. The maximum Gasteiger partial charge on any atom is 0.328 e. The van der Waals surface area contributed by atoms with Crippen LogP contribution in [-0.4, -0.2) is 47.7 Å². The molecule has 0 radical (unpaired) electrons. The van der Waals surface area contributed by atoms with Gasteiger partial charge in [0.1, 0.15) is 11.5 Å². The van der Waals surface area contributed by atoms with E-state index in [0.29, 0.717) is 23.7 Å². The molecule has 0 aliphatic carbocycles. The first-order valence-corrected chi connectivity index (χ1v) is 8.85. The lowest BCUT2D eigenvalue weighted by atomic mass is 10.1. The van der Waals surface area contributed by atoms with Crippen molar-refractivity contribution in [1.82, 2.24) is 4.90 Å². The van der Waals surface area contributed by atoms with Crippen molar-refractivity contribution in [3.05, 3.63) is 59.2 Å². The fourth-order valence-electron chi connectivity index (χ4n) is 3.02. The standard InChI is InChI=1S/C21H20N2O5/c1-14-10-18(7-4-16(14)12-22)28-17-5-2-15(3-6-17)11-20(24)23-8-9-27-13-19(23)21(25)26/h2-7,10,19H,8-9,11,13H2,1H3,(H,25,26)/t19-/m1/s1. The van der Waals surface area contributed by atoms with Crippen LogP contribution in [0.5, 0.6) is 11.5 Å². The number of benzene rings is 2. The largest absolute Gasteiger partial charge is 0.480 e. The van der Waals surface area contributed by atoms with E-state index in [4.69, 9.17) is 14.7 Å². The van der Waals surface area contributed by atoms with Crippen molar-refractivity contribution >= 4 is 11.9 Å². The number of carboxylic acid groups (broad SMARTS) is 1. The molecule has 1 fully saturated rings. The van der Waals surface area contributed by atoms with Gasteiger partial charge in [-0.1, -0.05) is 12.1 Å². The van der Waals surface area contributed by atoms with E-state index in [1.165, 1.54) is 4.90 Å². The maximum atomic E-state index is 12.5. The molecule has 2 aromatic carbocycles. The number of hydrogen-bond donors (Lipinski definition) is 1. The van der Waals surface area contributed by atoms with Gasteiger partial charge in [0, 0.05) is 6.54 Å². The van der Waals surface area contributed by atoms with Crippen molar-refractivity contribution in [2.24, 2.45) is 0 Å². The SMILES string of the molecule is Cc1cc(Oc2ccc(CC(=O)N3CCOC[C@@H]3C(=O)O)cc2)ccc1C#N. The number of aryl methyl sites for hydroxylation is 1. The molecule has 7 nitrogen and oxygen atoms in total. The summed E-state index contributed by atoms with van der Waals surface area (Å²) in [7, 11) is 0. The maximum absolute atomic E-state index is 12.5. The molecule has 28 heavy (non-hydrogen) atoms. The normalized spacial score (nSPS) is 16.3. The van der Waals surface area contributed by atoms with E-state index < -0.39 is 12.0 Å². The molecule has 0 saturated carbocycles. The zero-order valence-corrected chi connectivity index (χ0v) is 15.4. The Labute approximate surface area is 162 Å². The van der Waals surface area contributed by atoms with E-state index in [9.17, 15) is 14.7 Å². The highest BCUT2D eigenvalue weighted by atomic mass is 16.5. The van der Waals surface area contributed by atoms with Crippen LogP contribution in [0.15, 0.2) is 42.5 Å². The van der Waals surface area contributed by atoms with Gasteiger partial charge in [0.15, 0.2) is 6.04 Å². The lowest BCUT2D eigenvalue weighted by Crippen LogP contribution is -2.53. The van der Waals surface area contributed by atoms with Crippen LogP contribution < -0.4 is 4.74 Å². The first-order chi connectivity index (χ1) is 13.5. The first-order valence-electron chi connectivity index (χ1n) is 8.85. The number of nitrogens with zero attached hydrogens (tertiary/aromatic N) is 2. The Morgan fingerprint density at radius 3 is 2.61 bits per heavy atom. The number of morpholine rings is 1. The van der Waals surface area contributed by atoms with Crippen LogP contribution >= 0.6 is 0 Å². The monoisotopic (exact) mass is 380 g/mol. The average molecular weight is 380 g/mol. The molecular weight excluding hydrogens is 360 g/mol. The molecule has 0 bridgehead atoms. The number of aliphatic carboxylic acids is 1. The van der Waals surface area contributed by atoms with Gasteiger partial charge < -0.3 is 19.5 Å². The summed E-state index contributed by atoms with van der Waals surface area (Å²) >= 11 is 0. The van der Waals surface area contributed by atoms with Crippen LogP contribution in [-0.2, 0) is 20.7 Å². The van der Waals surface area contributed by atoms with E-state index >= 15 is 0 Å². The van der Waals surface area contributed by atoms with Gasteiger partial charge >= 0.3 is 5.97 Å². The van der Waals surface area contributed by atoms with Crippen molar-refractivity contribution in [3.8, 4) is 17.6 Å². The molecule has 1 N–H and O–H groups in total. The fourth-order valence-corrected chi connectivity index (χ4v) is 3.02. The number of carbonyl (C=O) groups excluding carboxylic acids is 1. The number of nitriles is 1. The highest BCUT2D eigenvalue weighted by molar-refractivity contribution is 5.85. The number of rotatable bonds is 5. The van der Waals surface area contributed by atoms with E-state index in [1.54, 1.807) is 42.5 Å². The summed E-state index contributed by atoms with van der Waals surface area (Å²) in [5, 5.41) is 18.2. The average Bonchev–Trinajstić information content (AvgIpc) is 2.69. The molecule has 1 aliphatic rings. The molecule has 144 valence electrons. The highest BCUT2D eigenvalue weighted by Gasteiger charge is 2.32. The number of hydrogen-bond acceptors (Lipinski definition) is 5. The summed E-state index contributed by atoms with van der Waals surface area (Å²) < 4.78 is 10.9. The Kier molecular flexibility index (Phi) is 5.92. The predicted octanol–water partition coefficient (Wildman–Crippen LogP) is 2.51. The van der Waals surface area contributed by atoms with Crippen LogP contribution in [0.1, 0.15) is 16.7 Å². The summed E-state index contributed by atoms with van der Waals surface area (Å²) in [5.41, 5.74) is 2.20. The Balaban J connectivity index is 1.64. The van der Waals surface area contributed by atoms with Crippen molar-refractivity contribution in [1.29, 1.82) is 5.26 Å². The summed E-state index contributed by atoms with van der Waals surface area (Å²) in [6, 6.07) is 13.5. The summed E-state index contributed by atoms with van der Waals surface area (Å²) in [4.78, 5) is 25.2. The lowest BCUT2D eigenvalue weighted by molar-refractivity contribution is -0.158. The third-order valence-corrected chi connectivity index (χ3v) is 4.57. The van der Waals surface area contributed by atoms with E-state index in [2.05, 4.69) is 6.07 Å². The molecular formula is C21H20N2O5. The minimum absolute atomic E-state index is 0.0118. The minimum atomic E-state index is -1.06. The van der Waals surface area contributed by atoms with Gasteiger partial charge in [-0.05, 0) is 48.4 Å². The highest BCUT2D eigenvalue weighted by Crippen LogP contribution is 2.24. The molecule has 7 heteroatoms. The van der Waals surface area contributed by atoms with E-state index in [0.717, 1.165) is 11.1 Å². The van der Waals surface area contributed by atoms with Gasteiger partial charge in [-0.2, -0.15) is 5.26 Å². The van der Waals surface area contributed by atoms with Gasteiger partial charge in [0.25, 0.3) is 0 Å². The third kappa shape index (κ3) is 4.48. The molecule has 0 unspecified atom stereocenters. The Morgan fingerprint density at radius 1 is 1.25 bits per heavy atom. The van der Waals surface area contributed by atoms with E-state index in [-0.39, 0.29) is 25.5 Å². The molecule has 1 saturated heterocycles. The Morgan fingerprint density at radius 2 is 1.96 bits per heavy atom. The molecule has 0 aromatic heterocycles. The smallest absolute Gasteiger partial charge is 0.328 e. The topological polar surface area (TPSA) is 99.9 Å². The van der Waals surface area contributed by atoms with Crippen molar-refractivity contribution < 1.29 is 24.2 Å². The first kappa shape index (κ1) is 19.4. The second kappa shape index (κ2) is 8.55. The summed E-state index contributed by atoms with van der Waals surface area (Å²) in [6.45, 7) is 2.47. The zero-order chi connectivity index (χ0) is 20.1. The van der Waals surface area contributed by atoms with Gasteiger partial charge in [-0.15, -0.1) is 0 Å². The molecule has 1 atom stereocenters. The number of carbonyl (C=O) groups is 2. The minimum Gasteiger partial charge on any atom is -0.480 e. The number of ether oxygens (including phenoxy) is 2. The molecule has 1 heterocycles. The Hall–Kier alpha value is -3.37. The lowest BCUT2D eigenvalue weighted by Gasteiger charge is -2.32. The van der Waals surface area contributed by atoms with Gasteiger partial charge in [-0.25, -0.2) is 4.79 Å². The van der Waals surface area contributed by atoms with Gasteiger partial charge in [0.2, 0.25) is 5.91 Å². The molecule has 1 amide bonds. The second-order valence-corrected chi connectivity index (χ2v) is 6.53. The van der Waals surface area contributed by atoms with Crippen LogP contribution in [0.3, 0.4) is 0 Å².